The lowest BCUT2D eigenvalue weighted by Crippen LogP contribution is -2.33. The Morgan fingerprint density at radius 2 is 1.56 bits per heavy atom. The Labute approximate surface area is 199 Å². The van der Waals surface area contributed by atoms with E-state index in [1.165, 1.54) is 4.90 Å². The quantitative estimate of drug-likeness (QED) is 0.484. The number of ether oxygens (including phenoxy) is 3. The lowest BCUT2D eigenvalue weighted by molar-refractivity contribution is 0.107. The average Bonchev–Trinajstić information content (AvgIpc) is 3.34. The number of carboxylic acid groups (broad SMARTS) is 1. The second-order valence-electron chi connectivity index (χ2n) is 8.12. The van der Waals surface area contributed by atoms with E-state index >= 15 is 0 Å². The number of rotatable bonds is 9. The van der Waals surface area contributed by atoms with E-state index in [-0.39, 0.29) is 0 Å². The van der Waals surface area contributed by atoms with Gasteiger partial charge in [-0.25, -0.2) is 4.79 Å². The molecule has 1 aliphatic rings. The molecule has 1 N–H and O–H groups in total. The summed E-state index contributed by atoms with van der Waals surface area (Å²) in [5, 5.41) is 9.29. The lowest BCUT2D eigenvalue weighted by atomic mass is 10.1. The molecular formula is C27H28N2O5. The predicted molar refractivity (Wildman–Crippen MR) is 130 cm³/mol. The Morgan fingerprint density at radius 1 is 0.912 bits per heavy atom. The highest BCUT2D eigenvalue weighted by Crippen LogP contribution is 2.19. The number of hydrogen-bond donors (Lipinski definition) is 1. The first-order chi connectivity index (χ1) is 16.5. The molecule has 0 aromatic heterocycles. The summed E-state index contributed by atoms with van der Waals surface area (Å²) in [4.78, 5) is 16.9. The first kappa shape index (κ1) is 23.3. The van der Waals surface area contributed by atoms with Gasteiger partial charge in [0.15, 0.2) is 0 Å². The summed E-state index contributed by atoms with van der Waals surface area (Å²) < 4.78 is 17.1. The lowest BCUT2D eigenvalue weighted by Gasteiger charge is -2.15. The number of carbonyl (C=O) groups is 1. The summed E-state index contributed by atoms with van der Waals surface area (Å²) in [5.74, 6) is 2.02. The minimum Gasteiger partial charge on any atom is -0.497 e. The van der Waals surface area contributed by atoms with Crippen LogP contribution in [-0.4, -0.2) is 42.1 Å². The summed E-state index contributed by atoms with van der Waals surface area (Å²) in [6.45, 7) is 4.40. The Kier molecular flexibility index (Phi) is 7.44. The summed E-state index contributed by atoms with van der Waals surface area (Å²) in [7, 11) is 1.65. The third kappa shape index (κ3) is 5.94. The molecule has 7 heteroatoms. The van der Waals surface area contributed by atoms with Gasteiger partial charge >= 0.3 is 6.09 Å². The minimum absolute atomic E-state index is 0.391. The molecule has 3 aromatic rings. The molecule has 1 heterocycles. The molecule has 0 spiro atoms. The van der Waals surface area contributed by atoms with Gasteiger partial charge in [-0.2, -0.15) is 0 Å². The highest BCUT2D eigenvalue weighted by Gasteiger charge is 2.24. The number of aliphatic imine (C=N–C) groups is 1. The van der Waals surface area contributed by atoms with Gasteiger partial charge in [-0.15, -0.1) is 0 Å². The van der Waals surface area contributed by atoms with Crippen LogP contribution in [0.5, 0.6) is 11.5 Å². The van der Waals surface area contributed by atoms with E-state index < -0.39 is 6.09 Å². The van der Waals surface area contributed by atoms with Crippen molar-refractivity contribution in [2.45, 2.75) is 26.7 Å². The minimum atomic E-state index is -0.986. The molecule has 3 aromatic carbocycles. The SMILES string of the molecule is COc1ccc(COCc2cc(C)cc(COc3ccc(C4=NCCN4C(=O)O)cc3)c2)cc1. The maximum Gasteiger partial charge on any atom is 0.413 e. The van der Waals surface area contributed by atoms with Crippen LogP contribution in [0.2, 0.25) is 0 Å². The van der Waals surface area contributed by atoms with Crippen molar-refractivity contribution in [2.24, 2.45) is 4.99 Å². The fourth-order valence-electron chi connectivity index (χ4n) is 3.87. The van der Waals surface area contributed by atoms with Crippen LogP contribution in [0.1, 0.15) is 27.8 Å². The third-order valence-corrected chi connectivity index (χ3v) is 5.48. The zero-order valence-electron chi connectivity index (χ0n) is 19.4. The molecule has 0 saturated carbocycles. The molecule has 176 valence electrons. The van der Waals surface area contributed by atoms with Crippen molar-refractivity contribution < 1.29 is 24.1 Å². The van der Waals surface area contributed by atoms with Gasteiger partial charge in [-0.1, -0.05) is 35.9 Å². The maximum atomic E-state index is 11.3. The molecule has 4 rings (SSSR count). The average molecular weight is 461 g/mol. The van der Waals surface area contributed by atoms with Crippen molar-refractivity contribution in [2.75, 3.05) is 20.2 Å². The van der Waals surface area contributed by atoms with E-state index in [9.17, 15) is 9.90 Å². The van der Waals surface area contributed by atoms with Gasteiger partial charge in [0.1, 0.15) is 23.9 Å². The van der Waals surface area contributed by atoms with Crippen LogP contribution in [-0.2, 0) is 24.6 Å². The predicted octanol–water partition coefficient (Wildman–Crippen LogP) is 5.04. The number of methoxy groups -OCH3 is 1. The molecule has 0 unspecified atom stereocenters. The van der Waals surface area contributed by atoms with Gasteiger partial charge in [0.05, 0.1) is 33.4 Å². The van der Waals surface area contributed by atoms with Gasteiger partial charge in [0, 0.05) is 5.56 Å². The first-order valence-corrected chi connectivity index (χ1v) is 11.1. The second kappa shape index (κ2) is 10.9. The van der Waals surface area contributed by atoms with Crippen LogP contribution in [0.15, 0.2) is 71.7 Å². The molecule has 0 aliphatic carbocycles. The van der Waals surface area contributed by atoms with E-state index in [1.807, 2.05) is 48.5 Å². The van der Waals surface area contributed by atoms with Crippen LogP contribution >= 0.6 is 0 Å². The number of amides is 1. The highest BCUT2D eigenvalue weighted by molar-refractivity contribution is 6.07. The van der Waals surface area contributed by atoms with Crippen molar-refractivity contribution in [3.05, 3.63) is 94.5 Å². The zero-order chi connectivity index (χ0) is 23.9. The number of hydrogen-bond acceptors (Lipinski definition) is 5. The Morgan fingerprint density at radius 3 is 2.24 bits per heavy atom. The molecule has 1 amide bonds. The van der Waals surface area contributed by atoms with Crippen molar-refractivity contribution in [1.29, 1.82) is 0 Å². The van der Waals surface area contributed by atoms with Crippen molar-refractivity contribution in [3.8, 4) is 11.5 Å². The van der Waals surface area contributed by atoms with Gasteiger partial charge in [0.25, 0.3) is 0 Å². The van der Waals surface area contributed by atoms with Gasteiger partial charge in [0.2, 0.25) is 0 Å². The summed E-state index contributed by atoms with van der Waals surface area (Å²) in [5.41, 5.74) is 5.15. The Bertz CT molecular complexity index is 1160. The first-order valence-electron chi connectivity index (χ1n) is 11.1. The van der Waals surface area contributed by atoms with Crippen LogP contribution in [0.3, 0.4) is 0 Å². The van der Waals surface area contributed by atoms with Crippen molar-refractivity contribution >= 4 is 11.9 Å². The Balaban J connectivity index is 1.32. The van der Waals surface area contributed by atoms with Crippen LogP contribution in [0.25, 0.3) is 0 Å². The Hall–Kier alpha value is -3.84. The van der Waals surface area contributed by atoms with E-state index in [4.69, 9.17) is 14.2 Å². The van der Waals surface area contributed by atoms with Gasteiger partial charge in [-0.05, 0) is 60.0 Å². The smallest absolute Gasteiger partial charge is 0.413 e. The van der Waals surface area contributed by atoms with Crippen LogP contribution in [0.4, 0.5) is 4.79 Å². The maximum absolute atomic E-state index is 11.3. The molecular weight excluding hydrogens is 432 g/mol. The molecule has 34 heavy (non-hydrogen) atoms. The monoisotopic (exact) mass is 460 g/mol. The fourth-order valence-corrected chi connectivity index (χ4v) is 3.87. The summed E-state index contributed by atoms with van der Waals surface area (Å²) >= 11 is 0. The number of aryl methyl sites for hydroxylation is 1. The van der Waals surface area contributed by atoms with E-state index in [2.05, 4.69) is 30.1 Å². The highest BCUT2D eigenvalue weighted by atomic mass is 16.5. The molecule has 1 aliphatic heterocycles. The summed E-state index contributed by atoms with van der Waals surface area (Å²) in [6.07, 6.45) is -0.986. The van der Waals surface area contributed by atoms with E-state index in [0.29, 0.717) is 44.5 Å². The molecule has 0 fully saturated rings. The topological polar surface area (TPSA) is 80.6 Å². The van der Waals surface area contributed by atoms with E-state index in [0.717, 1.165) is 33.6 Å². The molecule has 0 atom stereocenters. The number of benzene rings is 3. The molecule has 0 saturated heterocycles. The number of amidine groups is 1. The standard InChI is InChI=1S/C27H28N2O5/c1-19-13-21(17-33-16-20-3-7-24(32-2)8-4-20)15-22(14-19)18-34-25-9-5-23(6-10-25)26-28-11-12-29(26)27(30)31/h3-10,13-15H,11-12,16-18H2,1-2H3,(H,30,31). The molecule has 7 nitrogen and oxygen atoms in total. The van der Waals surface area contributed by atoms with Crippen LogP contribution in [0, 0.1) is 6.92 Å². The third-order valence-electron chi connectivity index (χ3n) is 5.48. The van der Waals surface area contributed by atoms with Crippen LogP contribution < -0.4 is 9.47 Å². The van der Waals surface area contributed by atoms with Gasteiger partial charge in [-0.3, -0.25) is 9.89 Å². The van der Waals surface area contributed by atoms with Crippen molar-refractivity contribution in [1.82, 2.24) is 4.90 Å². The van der Waals surface area contributed by atoms with Crippen molar-refractivity contribution in [3.63, 3.8) is 0 Å². The molecule has 0 bridgehead atoms. The zero-order valence-corrected chi connectivity index (χ0v) is 19.4. The largest absolute Gasteiger partial charge is 0.497 e. The second-order valence-corrected chi connectivity index (χ2v) is 8.12. The fraction of sp³-hybridized carbons (Fsp3) is 0.259. The van der Waals surface area contributed by atoms with E-state index in [1.54, 1.807) is 7.11 Å². The molecule has 0 radical (unpaired) electrons. The normalized spacial score (nSPS) is 13.0. The summed E-state index contributed by atoms with van der Waals surface area (Å²) in [6, 6.07) is 21.5. The van der Waals surface area contributed by atoms with Gasteiger partial charge < -0.3 is 19.3 Å². The number of nitrogens with zero attached hydrogens (tertiary/aromatic N) is 2.